The Hall–Kier alpha value is -1.03. The molecule has 3 nitrogen and oxygen atoms in total. The van der Waals surface area contributed by atoms with Crippen LogP contribution in [0.2, 0.25) is 0 Å². The number of halogens is 1. The molecule has 1 N–H and O–H groups in total. The Kier molecular flexibility index (Phi) is 5.46. The minimum Gasteiger partial charge on any atom is -0.494 e. The van der Waals surface area contributed by atoms with Gasteiger partial charge in [0.1, 0.15) is 5.75 Å². The van der Waals surface area contributed by atoms with Crippen LogP contribution in [-0.4, -0.2) is 17.7 Å². The van der Waals surface area contributed by atoms with E-state index in [0.29, 0.717) is 13.0 Å². The number of ether oxygens (including phenoxy) is 1. The Bertz CT molecular complexity index is 434. The number of carboxylic acid groups (broad SMARTS) is 1. The van der Waals surface area contributed by atoms with Gasteiger partial charge in [0.05, 0.1) is 12.0 Å². The van der Waals surface area contributed by atoms with Gasteiger partial charge in [0.25, 0.3) is 0 Å². The highest BCUT2D eigenvalue weighted by Crippen LogP contribution is 2.38. The van der Waals surface area contributed by atoms with Crippen molar-refractivity contribution in [3.63, 3.8) is 0 Å². The lowest BCUT2D eigenvalue weighted by molar-refractivity contribution is -0.150. The Labute approximate surface area is 128 Å². The summed E-state index contributed by atoms with van der Waals surface area (Å²) in [5, 5.41) is 9.59. The monoisotopic (exact) mass is 340 g/mol. The predicted octanol–water partition coefficient (Wildman–Crippen LogP) is 4.64. The van der Waals surface area contributed by atoms with Crippen LogP contribution in [0.1, 0.15) is 44.9 Å². The normalized spacial score (nSPS) is 18.2. The average Bonchev–Trinajstić information content (AvgIpc) is 2.68. The lowest BCUT2D eigenvalue weighted by Crippen LogP contribution is -2.32. The van der Waals surface area contributed by atoms with Crippen LogP contribution in [0.3, 0.4) is 0 Å². The molecule has 0 aromatic heterocycles. The van der Waals surface area contributed by atoms with Crippen molar-refractivity contribution >= 4 is 21.9 Å². The number of benzene rings is 1. The molecule has 0 atom stereocenters. The van der Waals surface area contributed by atoms with Gasteiger partial charge in [-0.3, -0.25) is 4.79 Å². The number of hydrogen-bond donors (Lipinski definition) is 1. The molecule has 0 bridgehead atoms. The molecule has 1 aromatic rings. The van der Waals surface area contributed by atoms with Gasteiger partial charge in [0.15, 0.2) is 0 Å². The molecular formula is C16H21BrO3. The molecule has 2 rings (SSSR count). The molecule has 0 radical (unpaired) electrons. The highest BCUT2D eigenvalue weighted by atomic mass is 79.9. The first kappa shape index (κ1) is 15.4. The molecule has 0 amide bonds. The van der Waals surface area contributed by atoms with Crippen molar-refractivity contribution in [3.05, 3.63) is 28.7 Å². The van der Waals surface area contributed by atoms with Crippen LogP contribution < -0.4 is 4.74 Å². The summed E-state index contributed by atoms with van der Waals surface area (Å²) in [6.45, 7) is 0.466. The SMILES string of the molecule is O=C(O)C1(CCOc2ccc(Br)cc2)CCCCCC1. The highest BCUT2D eigenvalue weighted by molar-refractivity contribution is 9.10. The van der Waals surface area contributed by atoms with E-state index in [1.54, 1.807) is 0 Å². The smallest absolute Gasteiger partial charge is 0.309 e. The molecule has 1 aliphatic rings. The molecule has 1 aromatic carbocycles. The van der Waals surface area contributed by atoms with Gasteiger partial charge < -0.3 is 9.84 Å². The van der Waals surface area contributed by atoms with E-state index in [1.165, 1.54) is 0 Å². The third-order valence-corrected chi connectivity index (χ3v) is 4.71. The topological polar surface area (TPSA) is 46.5 Å². The van der Waals surface area contributed by atoms with Gasteiger partial charge in [-0.2, -0.15) is 0 Å². The Morgan fingerprint density at radius 2 is 1.75 bits per heavy atom. The van der Waals surface area contributed by atoms with Gasteiger partial charge in [-0.05, 0) is 43.5 Å². The maximum atomic E-state index is 11.7. The number of rotatable bonds is 5. The van der Waals surface area contributed by atoms with Crippen molar-refractivity contribution in [2.24, 2.45) is 5.41 Å². The Balaban J connectivity index is 1.92. The fraction of sp³-hybridized carbons (Fsp3) is 0.562. The molecule has 0 unspecified atom stereocenters. The number of hydrogen-bond acceptors (Lipinski definition) is 2. The lowest BCUT2D eigenvalue weighted by Gasteiger charge is -2.27. The standard InChI is InChI=1S/C16H21BrO3/c17-13-5-7-14(8-6-13)20-12-11-16(15(18)19)9-3-1-2-4-10-16/h5-8H,1-4,9-12H2,(H,18,19). The van der Waals surface area contributed by atoms with E-state index < -0.39 is 11.4 Å². The fourth-order valence-corrected chi connectivity index (χ4v) is 3.14. The summed E-state index contributed by atoms with van der Waals surface area (Å²) >= 11 is 3.38. The average molecular weight is 341 g/mol. The van der Waals surface area contributed by atoms with Crippen LogP contribution in [0.15, 0.2) is 28.7 Å². The Morgan fingerprint density at radius 1 is 1.15 bits per heavy atom. The zero-order chi connectivity index (χ0) is 14.4. The summed E-state index contributed by atoms with van der Waals surface area (Å²) in [5.74, 6) is 0.140. The molecule has 1 saturated carbocycles. The summed E-state index contributed by atoms with van der Waals surface area (Å²) in [7, 11) is 0. The van der Waals surface area contributed by atoms with Crippen LogP contribution >= 0.6 is 15.9 Å². The number of carboxylic acids is 1. The zero-order valence-electron chi connectivity index (χ0n) is 11.6. The van der Waals surface area contributed by atoms with E-state index in [1.807, 2.05) is 24.3 Å². The van der Waals surface area contributed by atoms with Crippen LogP contribution in [0, 0.1) is 5.41 Å². The molecule has 4 heteroatoms. The van der Waals surface area contributed by atoms with Crippen molar-refractivity contribution < 1.29 is 14.6 Å². The molecule has 0 saturated heterocycles. The first-order valence-electron chi connectivity index (χ1n) is 7.24. The summed E-state index contributed by atoms with van der Waals surface area (Å²) in [4.78, 5) is 11.7. The van der Waals surface area contributed by atoms with Crippen molar-refractivity contribution in [1.29, 1.82) is 0 Å². The molecule has 20 heavy (non-hydrogen) atoms. The van der Waals surface area contributed by atoms with Gasteiger partial charge in [-0.1, -0.05) is 41.6 Å². The predicted molar refractivity (Wildman–Crippen MR) is 82.0 cm³/mol. The minimum absolute atomic E-state index is 0.466. The van der Waals surface area contributed by atoms with Gasteiger partial charge in [-0.15, -0.1) is 0 Å². The molecule has 1 fully saturated rings. The van der Waals surface area contributed by atoms with Crippen molar-refractivity contribution in [2.75, 3.05) is 6.61 Å². The second kappa shape index (κ2) is 7.11. The van der Waals surface area contributed by atoms with E-state index in [-0.39, 0.29) is 0 Å². The van der Waals surface area contributed by atoms with E-state index in [4.69, 9.17) is 4.74 Å². The third kappa shape index (κ3) is 3.98. The zero-order valence-corrected chi connectivity index (χ0v) is 13.2. The van der Waals surface area contributed by atoms with E-state index in [9.17, 15) is 9.90 Å². The van der Waals surface area contributed by atoms with Gasteiger partial charge >= 0.3 is 5.97 Å². The first-order chi connectivity index (χ1) is 9.62. The summed E-state index contributed by atoms with van der Waals surface area (Å²) in [5.41, 5.74) is -0.578. The molecule has 1 aliphatic carbocycles. The summed E-state index contributed by atoms with van der Waals surface area (Å²) in [6, 6.07) is 7.64. The van der Waals surface area contributed by atoms with Crippen LogP contribution in [-0.2, 0) is 4.79 Å². The van der Waals surface area contributed by atoms with Crippen molar-refractivity contribution in [2.45, 2.75) is 44.9 Å². The van der Waals surface area contributed by atoms with E-state index in [2.05, 4.69) is 15.9 Å². The second-order valence-corrected chi connectivity index (χ2v) is 6.47. The van der Waals surface area contributed by atoms with E-state index >= 15 is 0 Å². The molecule has 0 spiro atoms. The van der Waals surface area contributed by atoms with Crippen molar-refractivity contribution in [1.82, 2.24) is 0 Å². The highest BCUT2D eigenvalue weighted by Gasteiger charge is 2.38. The third-order valence-electron chi connectivity index (χ3n) is 4.18. The Morgan fingerprint density at radius 3 is 2.30 bits per heavy atom. The van der Waals surface area contributed by atoms with Crippen LogP contribution in [0.25, 0.3) is 0 Å². The minimum atomic E-state index is -0.654. The fourth-order valence-electron chi connectivity index (χ4n) is 2.87. The number of aliphatic carboxylic acids is 1. The first-order valence-corrected chi connectivity index (χ1v) is 8.03. The molecule has 0 aliphatic heterocycles. The van der Waals surface area contributed by atoms with Gasteiger partial charge in [0.2, 0.25) is 0 Å². The maximum Gasteiger partial charge on any atom is 0.309 e. The van der Waals surface area contributed by atoms with Gasteiger partial charge in [-0.25, -0.2) is 0 Å². The lowest BCUT2D eigenvalue weighted by atomic mass is 9.78. The van der Waals surface area contributed by atoms with Crippen LogP contribution in [0.5, 0.6) is 5.75 Å². The maximum absolute atomic E-state index is 11.7. The summed E-state index contributed by atoms with van der Waals surface area (Å²) in [6.07, 6.45) is 6.51. The molecule has 0 heterocycles. The van der Waals surface area contributed by atoms with Crippen molar-refractivity contribution in [3.8, 4) is 5.75 Å². The summed E-state index contributed by atoms with van der Waals surface area (Å²) < 4.78 is 6.71. The molecular weight excluding hydrogens is 320 g/mol. The second-order valence-electron chi connectivity index (χ2n) is 5.55. The number of carbonyl (C=O) groups is 1. The molecule has 110 valence electrons. The van der Waals surface area contributed by atoms with Gasteiger partial charge in [0, 0.05) is 4.47 Å². The largest absolute Gasteiger partial charge is 0.494 e. The van der Waals surface area contributed by atoms with E-state index in [0.717, 1.165) is 48.7 Å². The van der Waals surface area contributed by atoms with Crippen LogP contribution in [0.4, 0.5) is 0 Å². The quantitative estimate of drug-likeness (QED) is 0.794.